The first-order valence-corrected chi connectivity index (χ1v) is 13.3. The zero-order valence-electron chi connectivity index (χ0n) is 21.0. The lowest BCUT2D eigenvalue weighted by Gasteiger charge is -2.44. The quantitative estimate of drug-likeness (QED) is 0.553. The van der Waals surface area contributed by atoms with E-state index in [0.717, 1.165) is 38.5 Å². The summed E-state index contributed by atoms with van der Waals surface area (Å²) in [5, 5.41) is 6.69. The molecule has 0 bridgehead atoms. The first-order chi connectivity index (χ1) is 17.1. The lowest BCUT2D eigenvalue weighted by Crippen LogP contribution is -2.47. The van der Waals surface area contributed by atoms with Crippen LogP contribution in [-0.4, -0.2) is 65.2 Å². The first-order valence-electron chi connectivity index (χ1n) is 13.3. The molecule has 8 nitrogen and oxygen atoms in total. The average molecular weight is 484 g/mol. The second kappa shape index (κ2) is 10.9. The minimum absolute atomic E-state index is 0.211. The number of hydrogen-bond acceptors (Lipinski definition) is 8. The molecular weight excluding hydrogens is 445 g/mol. The molecule has 1 aliphatic carbocycles. The Balaban J connectivity index is 1.41. The van der Waals surface area contributed by atoms with Gasteiger partial charge in [-0.1, -0.05) is 19.8 Å². The van der Waals surface area contributed by atoms with E-state index in [2.05, 4.69) is 32.3 Å². The van der Waals surface area contributed by atoms with Crippen LogP contribution < -0.4 is 20.3 Å². The van der Waals surface area contributed by atoms with Gasteiger partial charge in [0.05, 0.1) is 7.11 Å². The summed E-state index contributed by atoms with van der Waals surface area (Å²) in [6.45, 7) is 6.19. The molecule has 0 spiro atoms. The molecule has 190 valence electrons. The number of nitrogens with one attached hydrogen (secondary N) is 2. The van der Waals surface area contributed by atoms with Crippen molar-refractivity contribution in [1.82, 2.24) is 19.9 Å². The molecular formula is C26H38FN7O. The Kier molecular flexibility index (Phi) is 7.51. The number of methoxy groups -OCH3 is 1. The van der Waals surface area contributed by atoms with Gasteiger partial charge in [0, 0.05) is 36.9 Å². The van der Waals surface area contributed by atoms with Gasteiger partial charge in [0.25, 0.3) is 0 Å². The molecule has 2 aromatic rings. The van der Waals surface area contributed by atoms with Crippen LogP contribution >= 0.6 is 0 Å². The number of halogens is 1. The van der Waals surface area contributed by atoms with Crippen LogP contribution in [0.5, 0.6) is 5.75 Å². The van der Waals surface area contributed by atoms with Gasteiger partial charge in [-0.25, -0.2) is 4.39 Å². The van der Waals surface area contributed by atoms with Gasteiger partial charge in [-0.3, -0.25) is 4.90 Å². The van der Waals surface area contributed by atoms with Gasteiger partial charge in [-0.05, 0) is 69.7 Å². The van der Waals surface area contributed by atoms with Crippen LogP contribution in [0.15, 0.2) is 18.2 Å². The molecule has 3 heterocycles. The van der Waals surface area contributed by atoms with Crippen LogP contribution in [0.1, 0.15) is 58.3 Å². The number of likely N-dealkylation sites (N-methyl/N-ethyl adjacent to an activating group) is 1. The largest absolute Gasteiger partial charge is 0.494 e. The van der Waals surface area contributed by atoms with Gasteiger partial charge in [0.1, 0.15) is 0 Å². The Morgan fingerprint density at radius 3 is 2.63 bits per heavy atom. The molecule has 3 aliphatic rings. The maximum Gasteiger partial charge on any atom is 0.233 e. The standard InChI is InChI=1S/C26H38FN7O/c1-3-33-14-7-10-20(33)17-28-24-30-25(29-19-12-13-23(35-2)21(27)16-19)32-26(31-24)34-15-6-9-18-8-4-5-11-22(18)34/h12-13,16,18,20,22H,3-11,14-15,17H2,1-2H3,(H2,28,29,30,31,32). The lowest BCUT2D eigenvalue weighted by atomic mass is 9.78. The Bertz CT molecular complexity index is 1000. The summed E-state index contributed by atoms with van der Waals surface area (Å²) in [4.78, 5) is 19.3. The minimum Gasteiger partial charge on any atom is -0.494 e. The molecule has 1 aromatic heterocycles. The van der Waals surface area contributed by atoms with E-state index in [4.69, 9.17) is 14.7 Å². The van der Waals surface area contributed by atoms with E-state index in [1.165, 1.54) is 58.1 Å². The zero-order chi connectivity index (χ0) is 24.2. The van der Waals surface area contributed by atoms with E-state index >= 15 is 0 Å². The van der Waals surface area contributed by atoms with E-state index in [1.807, 2.05) is 0 Å². The molecule has 1 aromatic carbocycles. The molecule has 2 N–H and O–H groups in total. The predicted molar refractivity (Wildman–Crippen MR) is 137 cm³/mol. The third-order valence-corrected chi connectivity index (χ3v) is 7.93. The molecule has 3 fully saturated rings. The lowest BCUT2D eigenvalue weighted by molar-refractivity contribution is 0.241. The number of piperidine rings is 1. The topological polar surface area (TPSA) is 78.4 Å². The van der Waals surface area contributed by atoms with Crippen molar-refractivity contribution in [3.8, 4) is 5.75 Å². The van der Waals surface area contributed by atoms with E-state index in [1.54, 1.807) is 12.1 Å². The van der Waals surface area contributed by atoms with Crippen LogP contribution in [0, 0.1) is 11.7 Å². The van der Waals surface area contributed by atoms with Gasteiger partial charge in [-0.2, -0.15) is 15.0 Å². The molecule has 2 aliphatic heterocycles. The fourth-order valence-corrected chi connectivity index (χ4v) is 6.13. The molecule has 35 heavy (non-hydrogen) atoms. The van der Waals surface area contributed by atoms with Crippen molar-refractivity contribution in [2.75, 3.05) is 48.8 Å². The van der Waals surface area contributed by atoms with Crippen molar-refractivity contribution in [2.24, 2.45) is 5.92 Å². The number of nitrogens with zero attached hydrogens (tertiary/aromatic N) is 5. The molecule has 0 radical (unpaired) electrons. The summed E-state index contributed by atoms with van der Waals surface area (Å²) in [7, 11) is 1.46. The Labute approximate surface area is 207 Å². The third kappa shape index (κ3) is 5.44. The van der Waals surface area contributed by atoms with Crippen molar-refractivity contribution in [3.63, 3.8) is 0 Å². The molecule has 9 heteroatoms. The second-order valence-corrected chi connectivity index (χ2v) is 10.0. The van der Waals surface area contributed by atoms with E-state index in [-0.39, 0.29) is 5.75 Å². The maximum absolute atomic E-state index is 14.3. The molecule has 0 amide bonds. The van der Waals surface area contributed by atoms with Crippen LogP contribution in [-0.2, 0) is 0 Å². The van der Waals surface area contributed by atoms with Gasteiger partial charge in [0.15, 0.2) is 11.6 Å². The summed E-state index contributed by atoms with van der Waals surface area (Å²) in [6, 6.07) is 5.77. The number of aromatic nitrogens is 3. The van der Waals surface area contributed by atoms with Gasteiger partial charge >= 0.3 is 0 Å². The summed E-state index contributed by atoms with van der Waals surface area (Å²) in [6.07, 6.45) is 9.95. The van der Waals surface area contributed by atoms with E-state index in [0.29, 0.717) is 35.6 Å². The van der Waals surface area contributed by atoms with Crippen molar-refractivity contribution >= 4 is 23.5 Å². The van der Waals surface area contributed by atoms with Crippen LogP contribution in [0.2, 0.25) is 0 Å². The highest BCUT2D eigenvalue weighted by atomic mass is 19.1. The molecule has 3 atom stereocenters. The van der Waals surface area contributed by atoms with Gasteiger partial charge < -0.3 is 20.3 Å². The molecule has 5 rings (SSSR count). The van der Waals surface area contributed by atoms with Gasteiger partial charge in [0.2, 0.25) is 17.8 Å². The SMILES string of the molecule is CCN1CCCC1CNc1nc(Nc2ccc(OC)c(F)c2)nc(N2CCCC3CCCCC32)n1. The van der Waals surface area contributed by atoms with Crippen molar-refractivity contribution < 1.29 is 9.13 Å². The number of rotatable bonds is 8. The van der Waals surface area contributed by atoms with Crippen molar-refractivity contribution in [1.29, 1.82) is 0 Å². The fourth-order valence-electron chi connectivity index (χ4n) is 6.13. The van der Waals surface area contributed by atoms with E-state index in [9.17, 15) is 4.39 Å². The fraction of sp³-hybridized carbons (Fsp3) is 0.654. The zero-order valence-corrected chi connectivity index (χ0v) is 21.0. The van der Waals surface area contributed by atoms with Crippen molar-refractivity contribution in [3.05, 3.63) is 24.0 Å². The molecule has 3 unspecified atom stereocenters. The predicted octanol–water partition coefficient (Wildman–Crippen LogP) is 4.82. The third-order valence-electron chi connectivity index (χ3n) is 7.93. The average Bonchev–Trinajstić information content (AvgIpc) is 3.35. The normalized spacial score (nSPS) is 24.8. The Morgan fingerprint density at radius 2 is 1.80 bits per heavy atom. The number of likely N-dealkylation sites (tertiary alicyclic amines) is 1. The van der Waals surface area contributed by atoms with Crippen molar-refractivity contribution in [2.45, 2.75) is 70.4 Å². The highest BCUT2D eigenvalue weighted by molar-refractivity contribution is 5.57. The summed E-state index contributed by atoms with van der Waals surface area (Å²) in [5.74, 6) is 2.23. The minimum atomic E-state index is -0.424. The number of benzene rings is 1. The summed E-state index contributed by atoms with van der Waals surface area (Å²) in [5.41, 5.74) is 0.577. The highest BCUT2D eigenvalue weighted by Crippen LogP contribution is 2.37. The summed E-state index contributed by atoms with van der Waals surface area (Å²) >= 11 is 0. The number of anilines is 4. The summed E-state index contributed by atoms with van der Waals surface area (Å²) < 4.78 is 19.4. The van der Waals surface area contributed by atoms with E-state index < -0.39 is 5.82 Å². The Morgan fingerprint density at radius 1 is 1.00 bits per heavy atom. The van der Waals surface area contributed by atoms with Gasteiger partial charge in [-0.15, -0.1) is 0 Å². The molecule has 2 saturated heterocycles. The monoisotopic (exact) mass is 483 g/mol. The van der Waals surface area contributed by atoms with Crippen LogP contribution in [0.4, 0.5) is 27.9 Å². The molecule has 1 saturated carbocycles. The first kappa shape index (κ1) is 24.0. The van der Waals surface area contributed by atoms with Crippen LogP contribution in [0.3, 0.4) is 0 Å². The maximum atomic E-state index is 14.3. The highest BCUT2D eigenvalue weighted by Gasteiger charge is 2.35. The second-order valence-electron chi connectivity index (χ2n) is 10.0. The smallest absolute Gasteiger partial charge is 0.233 e. The number of ether oxygens (including phenoxy) is 1. The van der Waals surface area contributed by atoms with Crippen LogP contribution in [0.25, 0.3) is 0 Å². The number of fused-ring (bicyclic) bond motifs is 1. The number of hydrogen-bond donors (Lipinski definition) is 2. The Hall–Kier alpha value is -2.68.